The van der Waals surface area contributed by atoms with Crippen LogP contribution in [0.4, 0.5) is 0 Å². The summed E-state index contributed by atoms with van der Waals surface area (Å²) < 4.78 is 6.06. The van der Waals surface area contributed by atoms with Gasteiger partial charge in [0.15, 0.2) is 0 Å². The number of allylic oxidation sites excluding steroid dienone is 2. The topological polar surface area (TPSA) is 119 Å². The Morgan fingerprint density at radius 2 is 0.907 bits per heavy atom. The molecule has 2 atom stereocenters. The van der Waals surface area contributed by atoms with Crippen molar-refractivity contribution in [1.29, 1.82) is 0 Å². The highest BCUT2D eigenvalue weighted by Crippen LogP contribution is 2.19. The zero-order valence-corrected chi connectivity index (χ0v) is 35.8. The average molecular weight is 763 g/mol. The molecule has 0 aromatic rings. The van der Waals surface area contributed by atoms with Gasteiger partial charge >= 0.3 is 11.9 Å². The molecular weight excluding hydrogens is 673 g/mol. The van der Waals surface area contributed by atoms with Gasteiger partial charge in [-0.25, -0.2) is 4.79 Å². The van der Waals surface area contributed by atoms with Crippen LogP contribution in [-0.2, 0) is 19.1 Å². The van der Waals surface area contributed by atoms with E-state index in [4.69, 9.17) is 10.5 Å². The van der Waals surface area contributed by atoms with E-state index < -0.39 is 12.0 Å². The minimum absolute atomic E-state index is 0.0168. The molecule has 1 amide bonds. The molecule has 0 heterocycles. The van der Waals surface area contributed by atoms with Crippen molar-refractivity contribution in [2.45, 2.75) is 264 Å². The maximum absolute atomic E-state index is 12.8. The van der Waals surface area contributed by atoms with E-state index in [1.54, 1.807) is 0 Å². The minimum atomic E-state index is -1.00. The zero-order chi connectivity index (χ0) is 39.6. The molecule has 0 bridgehead atoms. The van der Waals surface area contributed by atoms with E-state index >= 15 is 0 Å². The Morgan fingerprint density at radius 1 is 0.519 bits per heavy atom. The van der Waals surface area contributed by atoms with Crippen LogP contribution in [0.25, 0.3) is 0 Å². The third kappa shape index (κ3) is 38.4. The van der Waals surface area contributed by atoms with Gasteiger partial charge in [-0.2, -0.15) is 0 Å². The lowest BCUT2D eigenvalue weighted by atomic mass is 10.0. The molecule has 0 aromatic heterocycles. The maximum Gasteiger partial charge on any atom is 0.326 e. The molecule has 0 aromatic carbocycles. The molecule has 0 spiro atoms. The zero-order valence-electron chi connectivity index (χ0n) is 35.8. The number of carbonyl (C=O) groups excluding carboxylic acids is 2. The highest BCUT2D eigenvalue weighted by Gasteiger charge is 2.19. The summed E-state index contributed by atoms with van der Waals surface area (Å²) in [5.74, 6) is -1.22. The third-order valence-electron chi connectivity index (χ3n) is 10.8. The van der Waals surface area contributed by atoms with Crippen LogP contribution < -0.4 is 11.1 Å². The number of esters is 1. The van der Waals surface area contributed by atoms with E-state index in [0.717, 1.165) is 64.2 Å². The van der Waals surface area contributed by atoms with Gasteiger partial charge in [-0.1, -0.05) is 174 Å². The summed E-state index contributed by atoms with van der Waals surface area (Å²) in [6.45, 7) is 4.96. The van der Waals surface area contributed by atoms with Crippen LogP contribution in [-0.4, -0.2) is 41.6 Å². The second-order valence-corrected chi connectivity index (χ2v) is 16.2. The number of hydrogen-bond donors (Lipinski definition) is 3. The maximum atomic E-state index is 12.8. The van der Waals surface area contributed by atoms with Gasteiger partial charge in [0.05, 0.1) is 0 Å². The molecule has 54 heavy (non-hydrogen) atoms. The summed E-state index contributed by atoms with van der Waals surface area (Å²) in [5, 5.41) is 11.9. The van der Waals surface area contributed by atoms with Gasteiger partial charge in [0.25, 0.3) is 0 Å². The van der Waals surface area contributed by atoms with E-state index in [2.05, 4.69) is 31.3 Å². The summed E-state index contributed by atoms with van der Waals surface area (Å²) in [6.07, 6.45) is 46.9. The first-order valence-corrected chi connectivity index (χ1v) is 23.5. The first-order valence-electron chi connectivity index (χ1n) is 23.5. The van der Waals surface area contributed by atoms with Crippen molar-refractivity contribution >= 4 is 17.8 Å². The molecule has 0 aliphatic rings. The second kappa shape index (κ2) is 42.3. The molecule has 0 aliphatic heterocycles. The Labute approximate surface area is 334 Å². The molecular formula is C47H90N2O5. The highest BCUT2D eigenvalue weighted by atomic mass is 16.5. The van der Waals surface area contributed by atoms with Gasteiger partial charge in [-0.05, 0) is 83.6 Å². The fraction of sp³-hybridized carbons (Fsp3) is 0.894. The Balaban J connectivity index is 4.24. The highest BCUT2D eigenvalue weighted by molar-refractivity contribution is 5.83. The number of carboxylic acids is 1. The van der Waals surface area contributed by atoms with Crippen molar-refractivity contribution in [2.75, 3.05) is 6.54 Å². The third-order valence-corrected chi connectivity index (χ3v) is 10.8. The van der Waals surface area contributed by atoms with Crippen molar-refractivity contribution in [3.63, 3.8) is 0 Å². The van der Waals surface area contributed by atoms with Crippen LogP contribution >= 0.6 is 0 Å². The van der Waals surface area contributed by atoms with Gasteiger partial charge in [0.1, 0.15) is 12.1 Å². The van der Waals surface area contributed by atoms with Crippen LogP contribution in [0.3, 0.4) is 0 Å². The van der Waals surface area contributed by atoms with Crippen LogP contribution in [0.1, 0.15) is 251 Å². The minimum Gasteiger partial charge on any atom is -0.480 e. The number of carbonyl (C=O) groups is 3. The lowest BCUT2D eigenvalue weighted by molar-refractivity contribution is -0.150. The molecule has 0 aliphatic carbocycles. The predicted molar refractivity (Wildman–Crippen MR) is 230 cm³/mol. The van der Waals surface area contributed by atoms with Crippen LogP contribution in [0.5, 0.6) is 0 Å². The Bertz CT molecular complexity index is 863. The average Bonchev–Trinajstić information content (AvgIpc) is 3.16. The number of nitrogens with two attached hydrogens (primary N) is 1. The predicted octanol–water partition coefficient (Wildman–Crippen LogP) is 13.5. The van der Waals surface area contributed by atoms with Crippen LogP contribution in [0, 0.1) is 0 Å². The fourth-order valence-corrected chi connectivity index (χ4v) is 7.27. The number of carboxylic acid groups (broad SMARTS) is 1. The molecule has 7 heteroatoms. The van der Waals surface area contributed by atoms with Crippen molar-refractivity contribution in [2.24, 2.45) is 5.73 Å². The lowest BCUT2D eigenvalue weighted by Gasteiger charge is -2.18. The molecule has 0 rings (SSSR count). The number of ether oxygens (including phenoxy) is 1. The van der Waals surface area contributed by atoms with E-state index in [1.807, 2.05) is 0 Å². The quantitative estimate of drug-likeness (QED) is 0.0323. The Kier molecular flexibility index (Phi) is 40.8. The van der Waals surface area contributed by atoms with Gasteiger partial charge in [0.2, 0.25) is 5.91 Å². The fourth-order valence-electron chi connectivity index (χ4n) is 7.27. The molecule has 0 saturated heterocycles. The summed E-state index contributed by atoms with van der Waals surface area (Å²) in [6, 6.07) is -0.854. The smallest absolute Gasteiger partial charge is 0.326 e. The van der Waals surface area contributed by atoms with E-state index in [1.165, 1.54) is 148 Å². The Hall–Kier alpha value is -1.89. The summed E-state index contributed by atoms with van der Waals surface area (Å²) in [5.41, 5.74) is 5.49. The summed E-state index contributed by atoms with van der Waals surface area (Å²) in [4.78, 5) is 36.4. The van der Waals surface area contributed by atoms with Crippen LogP contribution in [0.2, 0.25) is 0 Å². The van der Waals surface area contributed by atoms with Gasteiger partial charge in [-0.15, -0.1) is 0 Å². The second-order valence-electron chi connectivity index (χ2n) is 16.2. The molecule has 2 unspecified atom stereocenters. The largest absolute Gasteiger partial charge is 0.480 e. The first kappa shape index (κ1) is 52.1. The monoisotopic (exact) mass is 763 g/mol. The standard InChI is InChI=1S/C47H90N2O5/c1-3-5-7-9-11-13-15-16-17-18-19-20-22-24-26-31-35-41-46(51)54-43(37-32-28-25-23-21-14-12-10-8-6-4-2)38-33-29-27-30-34-40-45(50)49-44(47(52)53)39-36-42-48/h16-17,43-44H,3-15,18-42,48H2,1-2H3,(H,49,50)(H,52,53)/b17-16-. The summed E-state index contributed by atoms with van der Waals surface area (Å²) >= 11 is 0. The molecule has 4 N–H and O–H groups in total. The van der Waals surface area contributed by atoms with Gasteiger partial charge in [0, 0.05) is 12.8 Å². The number of rotatable bonds is 43. The lowest BCUT2D eigenvalue weighted by Crippen LogP contribution is -2.40. The number of aliphatic carboxylic acids is 1. The van der Waals surface area contributed by atoms with Gasteiger partial charge < -0.3 is 20.9 Å². The number of amides is 1. The Morgan fingerprint density at radius 3 is 1.33 bits per heavy atom. The van der Waals surface area contributed by atoms with E-state index in [-0.39, 0.29) is 18.0 Å². The van der Waals surface area contributed by atoms with Gasteiger partial charge in [-0.3, -0.25) is 9.59 Å². The molecule has 7 nitrogen and oxygen atoms in total. The number of nitrogens with one attached hydrogen (secondary N) is 1. The van der Waals surface area contributed by atoms with Crippen molar-refractivity contribution in [1.82, 2.24) is 5.32 Å². The van der Waals surface area contributed by atoms with Crippen LogP contribution in [0.15, 0.2) is 12.2 Å². The van der Waals surface area contributed by atoms with E-state index in [9.17, 15) is 19.5 Å². The molecule has 318 valence electrons. The van der Waals surface area contributed by atoms with Crippen molar-refractivity contribution < 1.29 is 24.2 Å². The van der Waals surface area contributed by atoms with Crippen molar-refractivity contribution in [3.05, 3.63) is 12.2 Å². The SMILES string of the molecule is CCCCCCCC/C=C\CCCCCCCCCC(=O)OC(CCCCCCCCCCCCC)CCCCCCCC(=O)NC(CCCN)C(=O)O. The first-order chi connectivity index (χ1) is 26.4. The number of unbranched alkanes of at least 4 members (excludes halogenated alkanes) is 27. The molecule has 0 saturated carbocycles. The summed E-state index contributed by atoms with van der Waals surface area (Å²) in [7, 11) is 0. The normalized spacial score (nSPS) is 12.6. The van der Waals surface area contributed by atoms with E-state index in [0.29, 0.717) is 32.2 Å². The number of hydrogen-bond acceptors (Lipinski definition) is 5. The molecule has 0 fully saturated rings. The molecule has 0 radical (unpaired) electrons. The van der Waals surface area contributed by atoms with Crippen molar-refractivity contribution in [3.8, 4) is 0 Å².